The van der Waals surface area contributed by atoms with E-state index in [9.17, 15) is 0 Å². The molecule has 0 aliphatic rings. The summed E-state index contributed by atoms with van der Waals surface area (Å²) < 4.78 is 5.57. The highest BCUT2D eigenvalue weighted by Crippen LogP contribution is 2.06. The van der Waals surface area contributed by atoms with Crippen molar-refractivity contribution in [2.45, 2.75) is 26.7 Å². The van der Waals surface area contributed by atoms with E-state index < -0.39 is 0 Å². The Bertz CT molecular complexity index is 124. The first kappa shape index (κ1) is 12.4. The second kappa shape index (κ2) is 8.06. The van der Waals surface area contributed by atoms with Gasteiger partial charge in [-0.1, -0.05) is 26.0 Å². The fourth-order valence-corrected chi connectivity index (χ4v) is 1.18. The predicted octanol–water partition coefficient (Wildman–Crippen LogP) is 3.43. The lowest BCUT2D eigenvalue weighted by atomic mass is 10.1. The largest absolute Gasteiger partial charge is 0.381 e. The molecule has 1 heteroatoms. The second-order valence-electron chi connectivity index (χ2n) is 3.80. The summed E-state index contributed by atoms with van der Waals surface area (Å²) in [5.41, 5.74) is 0. The standard InChI is InChI=1S/C12H22O/c1-5-7-11(3)9-13-10-12(4)8-6-2/h5-6,11-12H,1-2,7-10H2,3-4H3. The quantitative estimate of drug-likeness (QED) is 0.523. The first-order valence-electron chi connectivity index (χ1n) is 5.00. The monoisotopic (exact) mass is 182 g/mol. The molecule has 0 N–H and O–H groups in total. The lowest BCUT2D eigenvalue weighted by Gasteiger charge is -2.12. The molecule has 0 spiro atoms. The molecule has 0 rings (SSSR count). The SMILES string of the molecule is C=CCC(C)COCC(C)CC=C. The average Bonchev–Trinajstić information content (AvgIpc) is 2.05. The summed E-state index contributed by atoms with van der Waals surface area (Å²) in [5, 5.41) is 0. The Morgan fingerprint density at radius 2 is 1.38 bits per heavy atom. The van der Waals surface area contributed by atoms with E-state index in [1.807, 2.05) is 12.2 Å². The topological polar surface area (TPSA) is 9.23 Å². The molecule has 0 aliphatic heterocycles. The van der Waals surface area contributed by atoms with Gasteiger partial charge in [-0.15, -0.1) is 13.2 Å². The van der Waals surface area contributed by atoms with Crippen LogP contribution in [0.2, 0.25) is 0 Å². The zero-order chi connectivity index (χ0) is 10.1. The molecule has 0 amide bonds. The summed E-state index contributed by atoms with van der Waals surface area (Å²) in [5.74, 6) is 1.18. The Hall–Kier alpha value is -0.560. The van der Waals surface area contributed by atoms with Gasteiger partial charge < -0.3 is 4.74 Å². The molecule has 0 aliphatic carbocycles. The first-order valence-corrected chi connectivity index (χ1v) is 5.00. The van der Waals surface area contributed by atoms with Gasteiger partial charge in [-0.25, -0.2) is 0 Å². The predicted molar refractivity (Wildman–Crippen MR) is 58.8 cm³/mol. The van der Waals surface area contributed by atoms with Crippen LogP contribution in [0.5, 0.6) is 0 Å². The molecule has 0 bridgehead atoms. The summed E-state index contributed by atoms with van der Waals surface area (Å²) >= 11 is 0. The zero-order valence-electron chi connectivity index (χ0n) is 8.96. The van der Waals surface area contributed by atoms with Gasteiger partial charge >= 0.3 is 0 Å². The molecule has 1 nitrogen and oxygen atoms in total. The maximum atomic E-state index is 5.57. The molecular formula is C12H22O. The van der Waals surface area contributed by atoms with Crippen LogP contribution in [-0.2, 0) is 4.74 Å². The second-order valence-corrected chi connectivity index (χ2v) is 3.80. The van der Waals surface area contributed by atoms with Crippen molar-refractivity contribution in [1.82, 2.24) is 0 Å². The van der Waals surface area contributed by atoms with E-state index in [1.54, 1.807) is 0 Å². The molecule has 13 heavy (non-hydrogen) atoms. The Labute approximate surface area is 82.5 Å². The van der Waals surface area contributed by atoms with Gasteiger partial charge in [0.2, 0.25) is 0 Å². The molecule has 0 saturated heterocycles. The van der Waals surface area contributed by atoms with Gasteiger partial charge in [0.15, 0.2) is 0 Å². The highest BCUT2D eigenvalue weighted by atomic mass is 16.5. The van der Waals surface area contributed by atoms with Crippen LogP contribution < -0.4 is 0 Å². The van der Waals surface area contributed by atoms with Crippen molar-refractivity contribution in [2.24, 2.45) is 11.8 Å². The molecule has 0 heterocycles. The average molecular weight is 182 g/mol. The minimum absolute atomic E-state index is 0.591. The van der Waals surface area contributed by atoms with Crippen LogP contribution in [0.4, 0.5) is 0 Å². The molecule has 76 valence electrons. The molecule has 2 atom stereocenters. The van der Waals surface area contributed by atoms with Crippen molar-refractivity contribution in [3.63, 3.8) is 0 Å². The van der Waals surface area contributed by atoms with Gasteiger partial charge in [0.25, 0.3) is 0 Å². The third kappa shape index (κ3) is 7.79. The Morgan fingerprint density at radius 3 is 1.69 bits per heavy atom. The van der Waals surface area contributed by atoms with E-state index in [0.29, 0.717) is 11.8 Å². The van der Waals surface area contributed by atoms with Gasteiger partial charge in [0.1, 0.15) is 0 Å². The molecule has 0 fully saturated rings. The van der Waals surface area contributed by atoms with E-state index in [1.165, 1.54) is 0 Å². The minimum atomic E-state index is 0.591. The van der Waals surface area contributed by atoms with Crippen molar-refractivity contribution in [3.05, 3.63) is 25.3 Å². The van der Waals surface area contributed by atoms with Crippen LogP contribution in [0.1, 0.15) is 26.7 Å². The van der Waals surface area contributed by atoms with Crippen molar-refractivity contribution in [1.29, 1.82) is 0 Å². The maximum Gasteiger partial charge on any atom is 0.0494 e. The maximum absolute atomic E-state index is 5.57. The molecule has 0 aromatic carbocycles. The van der Waals surface area contributed by atoms with E-state index in [0.717, 1.165) is 26.1 Å². The minimum Gasteiger partial charge on any atom is -0.381 e. The Balaban J connectivity index is 3.32. The lowest BCUT2D eigenvalue weighted by Crippen LogP contribution is -2.10. The number of rotatable bonds is 8. The van der Waals surface area contributed by atoms with E-state index >= 15 is 0 Å². The number of hydrogen-bond donors (Lipinski definition) is 0. The smallest absolute Gasteiger partial charge is 0.0494 e. The van der Waals surface area contributed by atoms with Gasteiger partial charge in [0, 0.05) is 13.2 Å². The third-order valence-electron chi connectivity index (χ3n) is 1.94. The van der Waals surface area contributed by atoms with Crippen molar-refractivity contribution < 1.29 is 4.74 Å². The van der Waals surface area contributed by atoms with Crippen LogP contribution in [-0.4, -0.2) is 13.2 Å². The summed E-state index contributed by atoms with van der Waals surface area (Å²) in [4.78, 5) is 0. The van der Waals surface area contributed by atoms with Crippen LogP contribution in [0.15, 0.2) is 25.3 Å². The molecule has 0 aromatic heterocycles. The van der Waals surface area contributed by atoms with Gasteiger partial charge in [-0.3, -0.25) is 0 Å². The number of allylic oxidation sites excluding steroid dienone is 2. The lowest BCUT2D eigenvalue weighted by molar-refractivity contribution is 0.0812. The summed E-state index contributed by atoms with van der Waals surface area (Å²) in [7, 11) is 0. The molecule has 2 unspecified atom stereocenters. The molecule has 0 saturated carbocycles. The van der Waals surface area contributed by atoms with Crippen molar-refractivity contribution in [2.75, 3.05) is 13.2 Å². The van der Waals surface area contributed by atoms with Crippen LogP contribution >= 0.6 is 0 Å². The van der Waals surface area contributed by atoms with Crippen molar-refractivity contribution >= 4 is 0 Å². The molecule has 0 radical (unpaired) electrons. The fourth-order valence-electron chi connectivity index (χ4n) is 1.18. The van der Waals surface area contributed by atoms with Gasteiger partial charge in [0.05, 0.1) is 0 Å². The van der Waals surface area contributed by atoms with Gasteiger partial charge in [-0.2, -0.15) is 0 Å². The summed E-state index contributed by atoms with van der Waals surface area (Å²) in [6.07, 6.45) is 5.97. The summed E-state index contributed by atoms with van der Waals surface area (Å²) in [6, 6.07) is 0. The van der Waals surface area contributed by atoms with E-state index in [4.69, 9.17) is 4.74 Å². The van der Waals surface area contributed by atoms with Crippen molar-refractivity contribution in [3.8, 4) is 0 Å². The zero-order valence-corrected chi connectivity index (χ0v) is 8.96. The number of hydrogen-bond acceptors (Lipinski definition) is 1. The van der Waals surface area contributed by atoms with E-state index in [-0.39, 0.29) is 0 Å². The fraction of sp³-hybridized carbons (Fsp3) is 0.667. The molecule has 0 aromatic rings. The molecular weight excluding hydrogens is 160 g/mol. The normalized spacial score (nSPS) is 14.9. The number of ether oxygens (including phenoxy) is 1. The highest BCUT2D eigenvalue weighted by molar-refractivity contribution is 4.71. The van der Waals surface area contributed by atoms with Crippen LogP contribution in [0.3, 0.4) is 0 Å². The summed E-state index contributed by atoms with van der Waals surface area (Å²) in [6.45, 7) is 13.5. The Morgan fingerprint density at radius 1 is 1.00 bits per heavy atom. The van der Waals surface area contributed by atoms with Crippen LogP contribution in [0, 0.1) is 11.8 Å². The third-order valence-corrected chi connectivity index (χ3v) is 1.94. The van der Waals surface area contributed by atoms with E-state index in [2.05, 4.69) is 27.0 Å². The highest BCUT2D eigenvalue weighted by Gasteiger charge is 2.02. The Kier molecular flexibility index (Phi) is 7.71. The van der Waals surface area contributed by atoms with Crippen LogP contribution in [0.25, 0.3) is 0 Å². The first-order chi connectivity index (χ1) is 6.20. The van der Waals surface area contributed by atoms with Gasteiger partial charge in [-0.05, 0) is 24.7 Å².